The van der Waals surface area contributed by atoms with E-state index in [4.69, 9.17) is 0 Å². The molecule has 8 heteroatoms. The van der Waals surface area contributed by atoms with Crippen LogP contribution in [0.5, 0.6) is 0 Å². The van der Waals surface area contributed by atoms with Crippen LogP contribution in [0.25, 0.3) is 16.6 Å². The first kappa shape index (κ1) is 21.7. The van der Waals surface area contributed by atoms with Crippen molar-refractivity contribution in [3.8, 4) is 5.69 Å². The first-order chi connectivity index (χ1) is 15.5. The minimum atomic E-state index is -0.892. The third-order valence-electron chi connectivity index (χ3n) is 4.91. The quantitative estimate of drug-likeness (QED) is 0.312. The summed E-state index contributed by atoms with van der Waals surface area (Å²) in [5.74, 6) is -1.84. The Balaban J connectivity index is 1.75. The molecule has 0 radical (unpaired) electrons. The van der Waals surface area contributed by atoms with Gasteiger partial charge in [0.2, 0.25) is 5.91 Å². The summed E-state index contributed by atoms with van der Waals surface area (Å²) in [4.78, 5) is 32.2. The third-order valence-corrected chi connectivity index (χ3v) is 5.83. The van der Waals surface area contributed by atoms with Crippen molar-refractivity contribution >= 4 is 34.3 Å². The summed E-state index contributed by atoms with van der Waals surface area (Å²) in [5.41, 5.74) is 0.571. The molecule has 162 valence electrons. The van der Waals surface area contributed by atoms with Crippen LogP contribution in [-0.2, 0) is 4.79 Å². The predicted molar refractivity (Wildman–Crippen MR) is 122 cm³/mol. The minimum Gasteiger partial charge on any atom is -0.312 e. The summed E-state index contributed by atoms with van der Waals surface area (Å²) in [6.07, 6.45) is 0. The molecule has 1 amide bonds. The van der Waals surface area contributed by atoms with E-state index in [2.05, 4.69) is 4.98 Å². The molecule has 4 rings (SSSR count). The van der Waals surface area contributed by atoms with Gasteiger partial charge in [-0.15, -0.1) is 0 Å². The lowest BCUT2D eigenvalue weighted by Crippen LogP contribution is -2.32. The molecule has 1 aromatic heterocycles. The number of aromatic nitrogens is 2. The number of benzene rings is 3. The summed E-state index contributed by atoms with van der Waals surface area (Å²) >= 11 is 1.03. The van der Waals surface area contributed by atoms with Gasteiger partial charge in [-0.05, 0) is 43.3 Å². The predicted octanol–water partition coefficient (Wildman–Crippen LogP) is 4.81. The van der Waals surface area contributed by atoms with E-state index < -0.39 is 17.2 Å². The number of hydrogen-bond donors (Lipinski definition) is 0. The fraction of sp³-hybridized carbons (Fsp3) is 0.125. The van der Waals surface area contributed by atoms with Gasteiger partial charge in [-0.1, -0.05) is 42.1 Å². The van der Waals surface area contributed by atoms with Gasteiger partial charge in [0, 0.05) is 18.3 Å². The number of halogens is 2. The molecule has 5 nitrogen and oxygen atoms in total. The topological polar surface area (TPSA) is 55.2 Å². The zero-order valence-corrected chi connectivity index (χ0v) is 18.0. The Bertz CT molecular complexity index is 1340. The van der Waals surface area contributed by atoms with Crippen molar-refractivity contribution in [2.45, 2.75) is 12.1 Å². The number of amides is 1. The largest absolute Gasteiger partial charge is 0.312 e. The molecule has 0 atom stereocenters. The highest BCUT2D eigenvalue weighted by Gasteiger charge is 2.20. The van der Waals surface area contributed by atoms with Crippen molar-refractivity contribution in [2.24, 2.45) is 0 Å². The van der Waals surface area contributed by atoms with Crippen LogP contribution in [0.2, 0.25) is 0 Å². The van der Waals surface area contributed by atoms with Crippen LogP contribution in [0, 0.1) is 11.6 Å². The Morgan fingerprint density at radius 2 is 1.75 bits per heavy atom. The van der Waals surface area contributed by atoms with E-state index in [0.29, 0.717) is 23.5 Å². The molecule has 0 aliphatic heterocycles. The maximum Gasteiger partial charge on any atom is 0.266 e. The van der Waals surface area contributed by atoms with Crippen molar-refractivity contribution in [2.75, 3.05) is 17.2 Å². The van der Waals surface area contributed by atoms with Gasteiger partial charge in [0.25, 0.3) is 5.56 Å². The number of nitrogens with zero attached hydrogens (tertiary/aromatic N) is 3. The summed E-state index contributed by atoms with van der Waals surface area (Å²) in [6, 6.07) is 18.9. The smallest absolute Gasteiger partial charge is 0.266 e. The molecule has 0 saturated carbocycles. The number of carbonyl (C=O) groups is 1. The van der Waals surface area contributed by atoms with E-state index in [-0.39, 0.29) is 22.5 Å². The zero-order chi connectivity index (χ0) is 22.7. The molecule has 0 aliphatic carbocycles. The lowest BCUT2D eigenvalue weighted by molar-refractivity contribution is -0.116. The van der Waals surface area contributed by atoms with Gasteiger partial charge in [-0.3, -0.25) is 14.2 Å². The second-order valence-corrected chi connectivity index (χ2v) is 7.85. The maximum absolute atomic E-state index is 14.6. The number of carbonyl (C=O) groups excluding carboxylic acids is 1. The molecular weight excluding hydrogens is 432 g/mol. The highest BCUT2D eigenvalue weighted by atomic mass is 32.2. The van der Waals surface area contributed by atoms with Crippen LogP contribution in [0.4, 0.5) is 14.5 Å². The van der Waals surface area contributed by atoms with Crippen LogP contribution >= 0.6 is 11.8 Å². The molecule has 0 fully saturated rings. The maximum atomic E-state index is 14.6. The first-order valence-corrected chi connectivity index (χ1v) is 10.9. The Hall–Kier alpha value is -3.52. The molecule has 0 unspecified atom stereocenters. The lowest BCUT2D eigenvalue weighted by atomic mass is 10.2. The zero-order valence-electron chi connectivity index (χ0n) is 17.2. The molecule has 0 bridgehead atoms. The van der Waals surface area contributed by atoms with E-state index in [9.17, 15) is 18.4 Å². The van der Waals surface area contributed by atoms with Gasteiger partial charge in [0.15, 0.2) is 5.16 Å². The number of fused-ring (bicyclic) bond motifs is 1. The average Bonchev–Trinajstić information content (AvgIpc) is 2.80. The van der Waals surface area contributed by atoms with Crippen molar-refractivity contribution in [1.82, 2.24) is 9.55 Å². The fourth-order valence-corrected chi connectivity index (χ4v) is 4.28. The molecule has 1 heterocycles. The first-order valence-electron chi connectivity index (χ1n) is 9.95. The number of thioether (sulfide) groups is 1. The van der Waals surface area contributed by atoms with Gasteiger partial charge >= 0.3 is 0 Å². The molecule has 32 heavy (non-hydrogen) atoms. The highest BCUT2D eigenvalue weighted by Crippen LogP contribution is 2.24. The molecule has 0 spiro atoms. The Morgan fingerprint density at radius 3 is 2.47 bits per heavy atom. The SMILES string of the molecule is CCN(C(=O)CSc1nc2ccccc2c(=O)n1-c1ccc(F)cc1F)c1ccccc1. The molecule has 3 aromatic carbocycles. The Labute approximate surface area is 187 Å². The minimum absolute atomic E-state index is 0.0175. The summed E-state index contributed by atoms with van der Waals surface area (Å²) < 4.78 is 29.1. The van der Waals surface area contributed by atoms with Gasteiger partial charge in [-0.25, -0.2) is 13.8 Å². The van der Waals surface area contributed by atoms with Crippen molar-refractivity contribution < 1.29 is 13.6 Å². The van der Waals surface area contributed by atoms with Crippen LogP contribution in [0.3, 0.4) is 0 Å². The van der Waals surface area contributed by atoms with Crippen LogP contribution < -0.4 is 10.5 Å². The molecule has 4 aromatic rings. The Kier molecular flexibility index (Phi) is 6.32. The monoisotopic (exact) mass is 451 g/mol. The van der Waals surface area contributed by atoms with E-state index in [1.165, 1.54) is 6.07 Å². The van der Waals surface area contributed by atoms with Crippen LogP contribution in [0.15, 0.2) is 82.7 Å². The number of anilines is 1. The number of hydrogen-bond acceptors (Lipinski definition) is 4. The number of rotatable bonds is 6. The molecular formula is C24H19F2N3O2S. The van der Waals surface area contributed by atoms with Crippen LogP contribution in [0.1, 0.15) is 6.92 Å². The fourth-order valence-electron chi connectivity index (χ4n) is 3.40. The van der Waals surface area contributed by atoms with Gasteiger partial charge in [0.1, 0.15) is 11.6 Å². The van der Waals surface area contributed by atoms with Crippen molar-refractivity contribution in [1.29, 1.82) is 0 Å². The van der Waals surface area contributed by atoms with E-state index >= 15 is 0 Å². The summed E-state index contributed by atoms with van der Waals surface area (Å²) in [5, 5.41) is 0.447. The van der Waals surface area contributed by atoms with E-state index in [1.54, 1.807) is 29.2 Å². The summed E-state index contributed by atoms with van der Waals surface area (Å²) in [7, 11) is 0. The van der Waals surface area contributed by atoms with E-state index in [0.717, 1.165) is 28.1 Å². The van der Waals surface area contributed by atoms with Crippen molar-refractivity contribution in [3.05, 3.63) is 94.8 Å². The highest BCUT2D eigenvalue weighted by molar-refractivity contribution is 7.99. The average molecular weight is 451 g/mol. The summed E-state index contributed by atoms with van der Waals surface area (Å²) in [6.45, 7) is 2.33. The van der Waals surface area contributed by atoms with Gasteiger partial charge in [0.05, 0.1) is 22.3 Å². The third kappa shape index (κ3) is 4.27. The van der Waals surface area contributed by atoms with Crippen LogP contribution in [-0.4, -0.2) is 27.8 Å². The number of para-hydroxylation sites is 2. The molecule has 0 aliphatic rings. The normalized spacial score (nSPS) is 11.0. The molecule has 0 saturated heterocycles. The molecule has 0 N–H and O–H groups in total. The standard InChI is InChI=1S/C24H19F2N3O2S/c1-2-28(17-8-4-3-5-9-17)22(30)15-32-24-27-20-11-7-6-10-18(20)23(31)29(24)21-13-12-16(25)14-19(21)26/h3-14H,2,15H2,1H3. The lowest BCUT2D eigenvalue weighted by Gasteiger charge is -2.21. The van der Waals surface area contributed by atoms with Gasteiger partial charge in [-0.2, -0.15) is 0 Å². The van der Waals surface area contributed by atoms with Crippen molar-refractivity contribution in [3.63, 3.8) is 0 Å². The Morgan fingerprint density at radius 1 is 1.03 bits per heavy atom. The second kappa shape index (κ2) is 9.32. The van der Waals surface area contributed by atoms with Gasteiger partial charge < -0.3 is 4.90 Å². The second-order valence-electron chi connectivity index (χ2n) is 6.91. The van der Waals surface area contributed by atoms with E-state index in [1.807, 2.05) is 37.3 Å².